The average Bonchev–Trinajstić information content (AvgIpc) is 3.15. The summed E-state index contributed by atoms with van der Waals surface area (Å²) in [5.41, 5.74) is 2.06. The molecule has 0 bridgehead atoms. The van der Waals surface area contributed by atoms with Gasteiger partial charge in [-0.15, -0.1) is 10.2 Å². The zero-order chi connectivity index (χ0) is 17.9. The molecule has 1 saturated heterocycles. The number of hydrogen-bond donors (Lipinski definition) is 0. The highest BCUT2D eigenvalue weighted by Gasteiger charge is 2.19. The molecule has 26 heavy (non-hydrogen) atoms. The molecule has 1 fully saturated rings. The molecule has 136 valence electrons. The van der Waals surface area contributed by atoms with E-state index in [2.05, 4.69) is 42.1 Å². The summed E-state index contributed by atoms with van der Waals surface area (Å²) in [6.45, 7) is 8.47. The Labute approximate surface area is 151 Å². The van der Waals surface area contributed by atoms with Crippen molar-refractivity contribution in [3.63, 3.8) is 0 Å². The predicted octanol–water partition coefficient (Wildman–Crippen LogP) is 2.12. The Bertz CT molecular complexity index is 859. The van der Waals surface area contributed by atoms with Crippen LogP contribution in [0.15, 0.2) is 35.3 Å². The van der Waals surface area contributed by atoms with E-state index in [4.69, 9.17) is 9.15 Å². The molecule has 1 aliphatic heterocycles. The molecule has 3 heterocycles. The van der Waals surface area contributed by atoms with Crippen LogP contribution in [0.2, 0.25) is 0 Å². The van der Waals surface area contributed by atoms with Crippen molar-refractivity contribution in [3.8, 4) is 5.88 Å². The highest BCUT2D eigenvalue weighted by molar-refractivity contribution is 5.86. The largest absolute Gasteiger partial charge is 0.474 e. The van der Waals surface area contributed by atoms with E-state index < -0.39 is 0 Å². The first-order chi connectivity index (χ1) is 12.7. The van der Waals surface area contributed by atoms with Crippen LogP contribution in [0.3, 0.4) is 0 Å². The van der Waals surface area contributed by atoms with Gasteiger partial charge < -0.3 is 14.1 Å². The van der Waals surface area contributed by atoms with Crippen LogP contribution in [-0.2, 0) is 6.54 Å². The number of nitrogens with zero attached hydrogens (tertiary/aromatic N) is 6. The normalized spacial score (nSPS) is 15.7. The first kappa shape index (κ1) is 16.7. The number of aromatic nitrogens is 4. The van der Waals surface area contributed by atoms with Gasteiger partial charge in [0.1, 0.15) is 6.33 Å². The van der Waals surface area contributed by atoms with Crippen LogP contribution in [-0.4, -0.2) is 57.3 Å². The minimum Gasteiger partial charge on any atom is -0.474 e. The molecule has 0 atom stereocenters. The molecule has 0 N–H and O–H groups in total. The van der Waals surface area contributed by atoms with E-state index in [-0.39, 0.29) is 6.10 Å². The van der Waals surface area contributed by atoms with Crippen LogP contribution in [0.5, 0.6) is 5.88 Å². The number of fused-ring (bicyclic) bond motifs is 1. The Hall–Kier alpha value is -2.74. The van der Waals surface area contributed by atoms with Crippen molar-refractivity contribution >= 4 is 16.6 Å². The van der Waals surface area contributed by atoms with Gasteiger partial charge in [0.15, 0.2) is 0 Å². The second kappa shape index (κ2) is 7.25. The zero-order valence-corrected chi connectivity index (χ0v) is 15.0. The average molecular weight is 354 g/mol. The molecule has 0 aliphatic carbocycles. The van der Waals surface area contributed by atoms with E-state index in [1.54, 1.807) is 6.33 Å². The number of hydrogen-bond acceptors (Lipinski definition) is 8. The van der Waals surface area contributed by atoms with Gasteiger partial charge in [-0.25, -0.2) is 9.97 Å². The maximum atomic E-state index is 5.84. The van der Waals surface area contributed by atoms with Gasteiger partial charge in [0.05, 0.1) is 23.6 Å². The smallest absolute Gasteiger partial charge is 0.230 e. The fourth-order valence-electron chi connectivity index (χ4n) is 3.16. The summed E-state index contributed by atoms with van der Waals surface area (Å²) in [4.78, 5) is 13.3. The van der Waals surface area contributed by atoms with Gasteiger partial charge in [0, 0.05) is 31.9 Å². The van der Waals surface area contributed by atoms with E-state index >= 15 is 0 Å². The SMILES string of the molecule is CC(C)Oc1ncnc2ccc(N3CCN(Cc4nnco4)CC3)cc12. The number of anilines is 1. The molecule has 1 aliphatic rings. The molecule has 3 aromatic rings. The Morgan fingerprint density at radius 2 is 2.00 bits per heavy atom. The fraction of sp³-hybridized carbons (Fsp3) is 0.444. The van der Waals surface area contributed by atoms with E-state index in [0.29, 0.717) is 18.3 Å². The lowest BCUT2D eigenvalue weighted by Gasteiger charge is -2.35. The molecule has 4 rings (SSSR count). The monoisotopic (exact) mass is 354 g/mol. The Morgan fingerprint density at radius 3 is 2.73 bits per heavy atom. The van der Waals surface area contributed by atoms with Crippen molar-refractivity contribution in [2.45, 2.75) is 26.5 Å². The lowest BCUT2D eigenvalue weighted by atomic mass is 10.2. The first-order valence-corrected chi connectivity index (χ1v) is 8.83. The Morgan fingerprint density at radius 1 is 1.15 bits per heavy atom. The van der Waals surface area contributed by atoms with Crippen LogP contribution < -0.4 is 9.64 Å². The van der Waals surface area contributed by atoms with E-state index in [1.165, 1.54) is 12.1 Å². The number of benzene rings is 1. The van der Waals surface area contributed by atoms with E-state index in [9.17, 15) is 0 Å². The topological polar surface area (TPSA) is 80.4 Å². The van der Waals surface area contributed by atoms with Gasteiger partial charge in [-0.05, 0) is 32.0 Å². The third-order valence-corrected chi connectivity index (χ3v) is 4.43. The second-order valence-corrected chi connectivity index (χ2v) is 6.64. The van der Waals surface area contributed by atoms with Gasteiger partial charge in [0.25, 0.3) is 0 Å². The number of rotatable bonds is 5. The van der Waals surface area contributed by atoms with Crippen LogP contribution in [0.1, 0.15) is 19.7 Å². The maximum absolute atomic E-state index is 5.84. The Kier molecular flexibility index (Phi) is 4.66. The summed E-state index contributed by atoms with van der Waals surface area (Å²) < 4.78 is 11.1. The van der Waals surface area contributed by atoms with Crippen LogP contribution in [0.25, 0.3) is 10.9 Å². The van der Waals surface area contributed by atoms with Gasteiger partial charge in [-0.3, -0.25) is 4.90 Å². The Balaban J connectivity index is 1.48. The van der Waals surface area contributed by atoms with Gasteiger partial charge >= 0.3 is 0 Å². The summed E-state index contributed by atoms with van der Waals surface area (Å²) >= 11 is 0. The van der Waals surface area contributed by atoms with Crippen molar-refractivity contribution < 1.29 is 9.15 Å². The quantitative estimate of drug-likeness (QED) is 0.689. The van der Waals surface area contributed by atoms with Crippen LogP contribution in [0, 0.1) is 0 Å². The first-order valence-electron chi connectivity index (χ1n) is 8.83. The highest BCUT2D eigenvalue weighted by atomic mass is 16.5. The van der Waals surface area contributed by atoms with Crippen molar-refractivity contribution in [1.82, 2.24) is 25.1 Å². The molecular weight excluding hydrogens is 332 g/mol. The van der Waals surface area contributed by atoms with Crippen molar-refractivity contribution in [3.05, 3.63) is 36.8 Å². The standard InChI is InChI=1S/C18H22N6O2/c1-13(2)26-18-15-9-14(3-4-16(15)19-11-20-18)24-7-5-23(6-8-24)10-17-22-21-12-25-17/h3-4,9,11-13H,5-8,10H2,1-2H3. The zero-order valence-electron chi connectivity index (χ0n) is 15.0. The lowest BCUT2D eigenvalue weighted by Crippen LogP contribution is -2.46. The summed E-state index contributed by atoms with van der Waals surface area (Å²) in [5.74, 6) is 1.30. The van der Waals surface area contributed by atoms with Crippen LogP contribution in [0.4, 0.5) is 5.69 Å². The summed E-state index contributed by atoms with van der Waals surface area (Å²) in [7, 11) is 0. The molecule has 0 radical (unpaired) electrons. The van der Waals surface area contributed by atoms with Gasteiger partial charge in [0.2, 0.25) is 18.2 Å². The van der Waals surface area contributed by atoms with Gasteiger partial charge in [-0.2, -0.15) is 0 Å². The minimum atomic E-state index is 0.0741. The molecule has 0 spiro atoms. The maximum Gasteiger partial charge on any atom is 0.230 e. The lowest BCUT2D eigenvalue weighted by molar-refractivity contribution is 0.226. The summed E-state index contributed by atoms with van der Waals surface area (Å²) in [6, 6.07) is 6.27. The third kappa shape index (κ3) is 3.60. The molecule has 2 aromatic heterocycles. The van der Waals surface area contributed by atoms with Crippen LogP contribution >= 0.6 is 0 Å². The minimum absolute atomic E-state index is 0.0741. The predicted molar refractivity (Wildman–Crippen MR) is 97.1 cm³/mol. The number of piperazine rings is 1. The second-order valence-electron chi connectivity index (χ2n) is 6.64. The molecule has 8 nitrogen and oxygen atoms in total. The van der Waals surface area contributed by atoms with Gasteiger partial charge in [-0.1, -0.05) is 0 Å². The summed E-state index contributed by atoms with van der Waals surface area (Å²) in [5, 5.41) is 8.64. The number of ether oxygens (including phenoxy) is 1. The molecule has 0 unspecified atom stereocenters. The molecular formula is C18H22N6O2. The third-order valence-electron chi connectivity index (χ3n) is 4.43. The molecule has 0 saturated carbocycles. The van der Waals surface area contributed by atoms with Crippen molar-refractivity contribution in [2.75, 3.05) is 31.1 Å². The summed E-state index contributed by atoms with van der Waals surface area (Å²) in [6.07, 6.45) is 3.00. The molecule has 0 amide bonds. The molecule has 8 heteroatoms. The van der Waals surface area contributed by atoms with Crippen molar-refractivity contribution in [2.24, 2.45) is 0 Å². The molecule has 1 aromatic carbocycles. The fourth-order valence-corrected chi connectivity index (χ4v) is 3.16. The van der Waals surface area contributed by atoms with E-state index in [0.717, 1.165) is 37.1 Å². The van der Waals surface area contributed by atoms with Crippen molar-refractivity contribution in [1.29, 1.82) is 0 Å². The van der Waals surface area contributed by atoms with E-state index in [1.807, 2.05) is 19.9 Å². The highest BCUT2D eigenvalue weighted by Crippen LogP contribution is 2.28.